The molecule has 0 bridgehead atoms. The average Bonchev–Trinajstić information content (AvgIpc) is 3.37. The lowest BCUT2D eigenvalue weighted by atomic mass is 10.3. The summed E-state index contributed by atoms with van der Waals surface area (Å²) in [7, 11) is 0. The van der Waals surface area contributed by atoms with Crippen LogP contribution in [-0.4, -0.2) is 43.4 Å². The highest BCUT2D eigenvalue weighted by molar-refractivity contribution is 6.31. The summed E-state index contributed by atoms with van der Waals surface area (Å²) in [5, 5.41) is 14.7. The molecule has 0 radical (unpaired) electrons. The monoisotopic (exact) mass is 371 g/mol. The fourth-order valence-corrected chi connectivity index (χ4v) is 3.21. The Morgan fingerprint density at radius 2 is 2.38 bits per heavy atom. The molecule has 0 aromatic carbocycles. The van der Waals surface area contributed by atoms with Crippen molar-refractivity contribution in [3.63, 3.8) is 0 Å². The zero-order valence-corrected chi connectivity index (χ0v) is 14.7. The molecule has 1 unspecified atom stereocenters. The molecule has 1 aliphatic rings. The first-order chi connectivity index (χ1) is 12.7. The summed E-state index contributed by atoms with van der Waals surface area (Å²) in [6, 6.07) is 5.95. The molecule has 4 rings (SSSR count). The van der Waals surface area contributed by atoms with Crippen molar-refractivity contribution < 1.29 is 4.79 Å². The molecular formula is C17H18ClN7O. The van der Waals surface area contributed by atoms with Gasteiger partial charge in [-0.15, -0.1) is 5.10 Å². The summed E-state index contributed by atoms with van der Waals surface area (Å²) in [6.07, 6.45) is 7.86. The predicted molar refractivity (Wildman–Crippen MR) is 97.6 cm³/mol. The van der Waals surface area contributed by atoms with Gasteiger partial charge in [0.1, 0.15) is 11.3 Å². The van der Waals surface area contributed by atoms with Gasteiger partial charge in [0.15, 0.2) is 5.15 Å². The summed E-state index contributed by atoms with van der Waals surface area (Å²) in [6.45, 7) is 2.22. The van der Waals surface area contributed by atoms with Gasteiger partial charge in [-0.25, -0.2) is 9.67 Å². The maximum absolute atomic E-state index is 12.1. The number of amides is 1. The highest BCUT2D eigenvalue weighted by Crippen LogP contribution is 2.18. The summed E-state index contributed by atoms with van der Waals surface area (Å²) < 4.78 is 3.68. The molecule has 2 N–H and O–H groups in total. The van der Waals surface area contributed by atoms with Crippen LogP contribution in [0.2, 0.25) is 5.15 Å². The van der Waals surface area contributed by atoms with Gasteiger partial charge in [-0.2, -0.15) is 0 Å². The third-order valence-corrected chi connectivity index (χ3v) is 4.60. The Kier molecular flexibility index (Phi) is 4.68. The fraction of sp³-hybridized carbons (Fsp3) is 0.294. The van der Waals surface area contributed by atoms with Crippen LogP contribution < -0.4 is 10.6 Å². The zero-order chi connectivity index (χ0) is 17.9. The molecule has 9 heteroatoms. The number of aromatic nitrogens is 5. The van der Waals surface area contributed by atoms with Crippen LogP contribution in [0.15, 0.2) is 36.7 Å². The maximum Gasteiger partial charge on any atom is 0.244 e. The number of pyridine rings is 1. The molecule has 26 heavy (non-hydrogen) atoms. The van der Waals surface area contributed by atoms with Crippen molar-refractivity contribution in [2.24, 2.45) is 0 Å². The summed E-state index contributed by atoms with van der Waals surface area (Å²) in [5.41, 5.74) is 2.12. The number of nitrogens with one attached hydrogen (secondary N) is 2. The number of nitrogens with zero attached hydrogens (tertiary/aromatic N) is 5. The number of imidazole rings is 1. The minimum absolute atomic E-state index is 0.232. The van der Waals surface area contributed by atoms with Crippen LogP contribution >= 0.6 is 11.6 Å². The van der Waals surface area contributed by atoms with Crippen LogP contribution in [0, 0.1) is 0 Å². The van der Waals surface area contributed by atoms with E-state index < -0.39 is 0 Å². The first-order valence-corrected chi connectivity index (χ1v) is 8.78. The van der Waals surface area contributed by atoms with E-state index in [1.54, 1.807) is 6.08 Å². The Morgan fingerprint density at radius 1 is 1.46 bits per heavy atom. The van der Waals surface area contributed by atoms with Gasteiger partial charge in [0.2, 0.25) is 5.91 Å². The molecule has 8 nitrogen and oxygen atoms in total. The molecule has 134 valence electrons. The van der Waals surface area contributed by atoms with E-state index in [0.717, 1.165) is 30.9 Å². The van der Waals surface area contributed by atoms with Crippen LogP contribution in [0.5, 0.6) is 0 Å². The molecule has 0 aliphatic carbocycles. The van der Waals surface area contributed by atoms with E-state index in [9.17, 15) is 4.79 Å². The molecule has 1 atom stereocenters. The SMILES string of the molecule is O=C(/C=C/c1c(Cl)nc2ccccn12)NCc1cn(C2CCNC2)nn1. The molecule has 3 aromatic heterocycles. The first kappa shape index (κ1) is 16.7. The molecule has 4 heterocycles. The molecule has 0 saturated carbocycles. The Morgan fingerprint density at radius 3 is 3.23 bits per heavy atom. The Labute approximate surface area is 154 Å². The third-order valence-electron chi connectivity index (χ3n) is 4.32. The Hall–Kier alpha value is -2.71. The van der Waals surface area contributed by atoms with E-state index in [1.807, 2.05) is 39.7 Å². The van der Waals surface area contributed by atoms with Gasteiger partial charge in [0.05, 0.1) is 24.5 Å². The van der Waals surface area contributed by atoms with Crippen molar-refractivity contribution in [2.75, 3.05) is 13.1 Å². The van der Waals surface area contributed by atoms with Crippen LogP contribution in [-0.2, 0) is 11.3 Å². The van der Waals surface area contributed by atoms with E-state index in [2.05, 4.69) is 25.9 Å². The number of carbonyl (C=O) groups is 1. The van der Waals surface area contributed by atoms with Crippen molar-refractivity contribution in [1.29, 1.82) is 0 Å². The molecule has 3 aromatic rings. The quantitative estimate of drug-likeness (QED) is 0.662. The van der Waals surface area contributed by atoms with E-state index in [-0.39, 0.29) is 5.91 Å². The Balaban J connectivity index is 1.38. The van der Waals surface area contributed by atoms with E-state index in [0.29, 0.717) is 23.4 Å². The van der Waals surface area contributed by atoms with Gasteiger partial charge in [-0.3, -0.25) is 9.20 Å². The van der Waals surface area contributed by atoms with E-state index >= 15 is 0 Å². The second-order valence-electron chi connectivity index (χ2n) is 6.10. The fourth-order valence-electron chi connectivity index (χ4n) is 2.96. The second-order valence-corrected chi connectivity index (χ2v) is 6.46. The summed E-state index contributed by atoms with van der Waals surface area (Å²) in [5.74, 6) is -0.232. The number of carbonyl (C=O) groups excluding carboxylic acids is 1. The topological polar surface area (TPSA) is 89.1 Å². The maximum atomic E-state index is 12.1. The number of rotatable bonds is 5. The van der Waals surface area contributed by atoms with Gasteiger partial charge in [0, 0.05) is 18.8 Å². The number of hydrogen-bond donors (Lipinski definition) is 2. The summed E-state index contributed by atoms with van der Waals surface area (Å²) >= 11 is 6.15. The normalized spacial score (nSPS) is 17.3. The lowest BCUT2D eigenvalue weighted by molar-refractivity contribution is -0.116. The van der Waals surface area contributed by atoms with Gasteiger partial charge in [-0.05, 0) is 31.2 Å². The van der Waals surface area contributed by atoms with Crippen LogP contribution in [0.1, 0.15) is 23.9 Å². The van der Waals surface area contributed by atoms with Crippen LogP contribution in [0.3, 0.4) is 0 Å². The molecule has 1 aliphatic heterocycles. The molecular weight excluding hydrogens is 354 g/mol. The molecule has 1 saturated heterocycles. The molecule has 1 amide bonds. The smallest absolute Gasteiger partial charge is 0.244 e. The van der Waals surface area contributed by atoms with E-state index in [1.165, 1.54) is 6.08 Å². The van der Waals surface area contributed by atoms with Crippen molar-refractivity contribution in [3.8, 4) is 0 Å². The number of halogens is 1. The predicted octanol–water partition coefficient (Wildman–Crippen LogP) is 1.44. The van der Waals surface area contributed by atoms with Gasteiger partial charge in [0.25, 0.3) is 0 Å². The zero-order valence-electron chi connectivity index (χ0n) is 14.0. The molecule has 1 fully saturated rings. The lowest BCUT2D eigenvalue weighted by Crippen LogP contribution is -2.20. The third kappa shape index (κ3) is 3.47. The van der Waals surface area contributed by atoms with Crippen molar-refractivity contribution in [3.05, 3.63) is 53.2 Å². The van der Waals surface area contributed by atoms with E-state index in [4.69, 9.17) is 11.6 Å². The summed E-state index contributed by atoms with van der Waals surface area (Å²) in [4.78, 5) is 16.3. The van der Waals surface area contributed by atoms with Gasteiger partial charge in [-0.1, -0.05) is 22.9 Å². The second kappa shape index (κ2) is 7.27. The lowest BCUT2D eigenvalue weighted by Gasteiger charge is -2.06. The van der Waals surface area contributed by atoms with Crippen LogP contribution in [0.25, 0.3) is 11.7 Å². The van der Waals surface area contributed by atoms with Crippen molar-refractivity contribution >= 4 is 29.2 Å². The average molecular weight is 372 g/mol. The minimum Gasteiger partial charge on any atom is -0.347 e. The Bertz CT molecular complexity index is 955. The molecule has 0 spiro atoms. The number of fused-ring (bicyclic) bond motifs is 1. The van der Waals surface area contributed by atoms with Crippen molar-refractivity contribution in [1.82, 2.24) is 35.0 Å². The minimum atomic E-state index is -0.232. The van der Waals surface area contributed by atoms with Gasteiger partial charge < -0.3 is 10.6 Å². The standard InChI is InChI=1S/C17H18ClN7O/c18-17-14(24-8-2-1-3-15(24)21-17)4-5-16(26)20-9-12-11-25(23-22-12)13-6-7-19-10-13/h1-5,8,11,13,19H,6-7,9-10H2,(H,20,26)/b5-4+. The van der Waals surface area contributed by atoms with Crippen LogP contribution in [0.4, 0.5) is 0 Å². The number of hydrogen-bond acceptors (Lipinski definition) is 5. The van der Waals surface area contributed by atoms with Crippen molar-refractivity contribution in [2.45, 2.75) is 19.0 Å². The first-order valence-electron chi connectivity index (χ1n) is 8.40. The van der Waals surface area contributed by atoms with Gasteiger partial charge >= 0.3 is 0 Å². The highest BCUT2D eigenvalue weighted by Gasteiger charge is 2.17. The largest absolute Gasteiger partial charge is 0.347 e. The highest BCUT2D eigenvalue weighted by atomic mass is 35.5.